The average Bonchev–Trinajstić information content (AvgIpc) is 2.61. The molecule has 0 saturated carbocycles. The number of guanidine groups is 1. The molecular weight excluding hydrogens is 397 g/mol. The van der Waals surface area contributed by atoms with Crippen molar-refractivity contribution in [1.82, 2.24) is 15.1 Å². The first-order chi connectivity index (χ1) is 7.58. The van der Waals surface area contributed by atoms with Crippen molar-refractivity contribution in [1.29, 1.82) is 0 Å². The molecule has 0 saturated heterocycles. The maximum Gasteiger partial charge on any atom is 0.188 e. The summed E-state index contributed by atoms with van der Waals surface area (Å²) in [4.78, 5) is 4.10. The van der Waals surface area contributed by atoms with E-state index in [1.807, 2.05) is 17.8 Å². The van der Waals surface area contributed by atoms with Crippen molar-refractivity contribution in [3.05, 3.63) is 29.0 Å². The summed E-state index contributed by atoms with van der Waals surface area (Å²) < 4.78 is 2.79. The molecule has 0 amide bonds. The summed E-state index contributed by atoms with van der Waals surface area (Å²) in [5, 5.41) is 7.13. The Balaban J connectivity index is 0.00000256. The Kier molecular flexibility index (Phi) is 8.23. The Bertz CT molecular complexity index is 388. The molecule has 17 heavy (non-hydrogen) atoms. The molecular formula is C10H17BrIN5. The first-order valence-electron chi connectivity index (χ1n) is 4.94. The van der Waals surface area contributed by atoms with Gasteiger partial charge < -0.3 is 11.1 Å². The summed E-state index contributed by atoms with van der Waals surface area (Å²) in [6, 6.07) is 0. The van der Waals surface area contributed by atoms with Gasteiger partial charge in [0.1, 0.15) is 0 Å². The molecule has 0 aliphatic carbocycles. The van der Waals surface area contributed by atoms with Crippen LogP contribution >= 0.6 is 39.9 Å². The van der Waals surface area contributed by atoms with Gasteiger partial charge in [0, 0.05) is 12.7 Å². The van der Waals surface area contributed by atoms with E-state index >= 15 is 0 Å². The maximum absolute atomic E-state index is 5.65. The second kappa shape index (κ2) is 8.51. The van der Waals surface area contributed by atoms with Crippen LogP contribution in [0.2, 0.25) is 0 Å². The van der Waals surface area contributed by atoms with E-state index in [-0.39, 0.29) is 24.0 Å². The van der Waals surface area contributed by atoms with Crippen molar-refractivity contribution in [2.24, 2.45) is 10.7 Å². The monoisotopic (exact) mass is 413 g/mol. The van der Waals surface area contributed by atoms with E-state index in [1.54, 1.807) is 6.20 Å². The van der Waals surface area contributed by atoms with Gasteiger partial charge in [-0.25, -0.2) is 4.99 Å². The minimum Gasteiger partial charge on any atom is -0.370 e. The van der Waals surface area contributed by atoms with Crippen LogP contribution in [-0.4, -0.2) is 28.8 Å². The molecule has 0 radical (unpaired) electrons. The second-order valence-electron chi connectivity index (χ2n) is 3.51. The number of hydrogen-bond donors (Lipinski definition) is 2. The normalized spacial score (nSPS) is 10.8. The van der Waals surface area contributed by atoms with Crippen LogP contribution < -0.4 is 11.1 Å². The summed E-state index contributed by atoms with van der Waals surface area (Å²) in [6.07, 6.45) is 3.65. The molecule has 1 aromatic heterocycles. The van der Waals surface area contributed by atoms with Gasteiger partial charge in [-0.1, -0.05) is 12.2 Å². The predicted octanol–water partition coefficient (Wildman–Crippen LogP) is 1.74. The van der Waals surface area contributed by atoms with E-state index in [0.29, 0.717) is 19.0 Å². The van der Waals surface area contributed by atoms with Crippen molar-refractivity contribution in [2.45, 2.75) is 13.5 Å². The summed E-state index contributed by atoms with van der Waals surface area (Å²) in [5.41, 5.74) is 6.64. The Morgan fingerprint density at radius 1 is 1.71 bits per heavy atom. The maximum atomic E-state index is 5.65. The molecule has 3 N–H and O–H groups in total. The van der Waals surface area contributed by atoms with Crippen LogP contribution in [0.5, 0.6) is 0 Å². The first-order valence-corrected chi connectivity index (χ1v) is 5.73. The summed E-state index contributed by atoms with van der Waals surface area (Å²) in [6.45, 7) is 7.66. The number of rotatable bonds is 5. The molecule has 1 heterocycles. The van der Waals surface area contributed by atoms with Gasteiger partial charge in [-0.15, -0.1) is 24.0 Å². The Labute approximate surface area is 127 Å². The summed E-state index contributed by atoms with van der Waals surface area (Å²) in [7, 11) is 0. The van der Waals surface area contributed by atoms with Gasteiger partial charge in [-0.2, -0.15) is 5.10 Å². The van der Waals surface area contributed by atoms with Crippen LogP contribution in [0.15, 0.2) is 34.0 Å². The molecule has 0 bridgehead atoms. The molecule has 1 aromatic rings. The molecule has 0 spiro atoms. The van der Waals surface area contributed by atoms with E-state index in [2.05, 4.69) is 37.9 Å². The number of nitrogens with zero attached hydrogens (tertiary/aromatic N) is 3. The standard InChI is InChI=1S/C10H16BrN5.HI/c1-8(2)5-14-10(12)13-3-4-16-7-9(11)6-15-16;/h6-7H,1,3-5H2,2H3,(H3,12,13,14);1H. The SMILES string of the molecule is C=C(C)CN=C(N)NCCn1cc(Br)cn1.I. The van der Waals surface area contributed by atoms with Crippen molar-refractivity contribution >= 4 is 45.9 Å². The second-order valence-corrected chi connectivity index (χ2v) is 4.42. The van der Waals surface area contributed by atoms with E-state index in [0.717, 1.165) is 16.6 Å². The zero-order valence-corrected chi connectivity index (χ0v) is 13.6. The highest BCUT2D eigenvalue weighted by Crippen LogP contribution is 2.05. The lowest BCUT2D eigenvalue weighted by Crippen LogP contribution is -2.34. The van der Waals surface area contributed by atoms with Crippen LogP contribution in [0.1, 0.15) is 6.92 Å². The molecule has 1 rings (SSSR count). The lowest BCUT2D eigenvalue weighted by Gasteiger charge is -2.05. The van der Waals surface area contributed by atoms with E-state index < -0.39 is 0 Å². The van der Waals surface area contributed by atoms with Gasteiger partial charge >= 0.3 is 0 Å². The van der Waals surface area contributed by atoms with Gasteiger partial charge in [0.2, 0.25) is 0 Å². The van der Waals surface area contributed by atoms with Crippen LogP contribution in [0.3, 0.4) is 0 Å². The van der Waals surface area contributed by atoms with Crippen LogP contribution in [0.25, 0.3) is 0 Å². The smallest absolute Gasteiger partial charge is 0.188 e. The lowest BCUT2D eigenvalue weighted by molar-refractivity contribution is 0.601. The van der Waals surface area contributed by atoms with E-state index in [4.69, 9.17) is 5.73 Å². The molecule has 0 aliphatic heterocycles. The molecule has 0 atom stereocenters. The zero-order valence-electron chi connectivity index (χ0n) is 9.69. The van der Waals surface area contributed by atoms with Crippen LogP contribution in [0, 0.1) is 0 Å². The third kappa shape index (κ3) is 7.37. The highest BCUT2D eigenvalue weighted by Gasteiger charge is 1.95. The summed E-state index contributed by atoms with van der Waals surface area (Å²) in [5.74, 6) is 0.439. The fraction of sp³-hybridized carbons (Fsp3) is 0.400. The quantitative estimate of drug-likeness (QED) is 0.334. The largest absolute Gasteiger partial charge is 0.370 e. The fourth-order valence-electron chi connectivity index (χ4n) is 1.04. The van der Waals surface area contributed by atoms with Gasteiger partial charge in [-0.3, -0.25) is 4.68 Å². The van der Waals surface area contributed by atoms with Crippen molar-refractivity contribution in [3.63, 3.8) is 0 Å². The molecule has 0 aliphatic rings. The molecule has 96 valence electrons. The minimum atomic E-state index is 0. The van der Waals surface area contributed by atoms with Crippen molar-refractivity contribution < 1.29 is 0 Å². The fourth-order valence-corrected chi connectivity index (χ4v) is 1.36. The third-order valence-corrected chi connectivity index (χ3v) is 2.18. The molecule has 0 fully saturated rings. The number of nitrogens with two attached hydrogens (primary N) is 1. The van der Waals surface area contributed by atoms with Crippen LogP contribution in [-0.2, 0) is 6.54 Å². The lowest BCUT2D eigenvalue weighted by atomic mass is 10.4. The number of aromatic nitrogens is 2. The number of aliphatic imine (C=N–C) groups is 1. The number of hydrogen-bond acceptors (Lipinski definition) is 2. The van der Waals surface area contributed by atoms with Gasteiger partial charge in [-0.05, 0) is 22.9 Å². The van der Waals surface area contributed by atoms with Crippen LogP contribution in [0.4, 0.5) is 0 Å². The average molecular weight is 414 g/mol. The molecule has 0 aromatic carbocycles. The van der Waals surface area contributed by atoms with Crippen molar-refractivity contribution in [2.75, 3.05) is 13.1 Å². The highest BCUT2D eigenvalue weighted by atomic mass is 127. The first kappa shape index (κ1) is 16.4. The topological polar surface area (TPSA) is 68.2 Å². The Morgan fingerprint density at radius 3 is 2.94 bits per heavy atom. The number of halogens is 2. The highest BCUT2D eigenvalue weighted by molar-refractivity contribution is 14.0. The van der Waals surface area contributed by atoms with Gasteiger partial charge in [0.15, 0.2) is 5.96 Å². The Morgan fingerprint density at radius 2 is 2.41 bits per heavy atom. The van der Waals surface area contributed by atoms with Gasteiger partial charge in [0.25, 0.3) is 0 Å². The molecule has 0 unspecified atom stereocenters. The molecule has 5 nitrogen and oxygen atoms in total. The molecule has 7 heteroatoms. The predicted molar refractivity (Wildman–Crippen MR) is 84.6 cm³/mol. The number of nitrogens with one attached hydrogen (secondary N) is 1. The Hall–Kier alpha value is -0.570. The van der Waals surface area contributed by atoms with E-state index in [9.17, 15) is 0 Å². The third-order valence-electron chi connectivity index (χ3n) is 1.77. The minimum absolute atomic E-state index is 0. The van der Waals surface area contributed by atoms with Gasteiger partial charge in [0.05, 0.1) is 23.8 Å². The summed E-state index contributed by atoms with van der Waals surface area (Å²) >= 11 is 3.33. The van der Waals surface area contributed by atoms with E-state index in [1.165, 1.54) is 0 Å². The van der Waals surface area contributed by atoms with Crippen molar-refractivity contribution in [3.8, 4) is 0 Å². The zero-order chi connectivity index (χ0) is 12.0.